The molecule has 1 N–H and O–H groups in total. The SMILES string of the molecule is N#Cc1cc2c(cc1F)S(=O)(=O)NCN2C1CC1. The molecule has 1 aliphatic heterocycles. The number of benzene rings is 1. The molecule has 1 fully saturated rings. The third-order valence-corrected chi connectivity index (χ3v) is 4.60. The lowest BCUT2D eigenvalue weighted by Crippen LogP contribution is -2.44. The first-order valence-corrected chi connectivity index (χ1v) is 7.01. The fourth-order valence-electron chi connectivity index (χ4n) is 2.10. The summed E-state index contributed by atoms with van der Waals surface area (Å²) in [5.41, 5.74) is 0.297. The van der Waals surface area contributed by atoms with Crippen LogP contribution in [0.1, 0.15) is 18.4 Å². The Labute approximate surface area is 104 Å². The van der Waals surface area contributed by atoms with Gasteiger partial charge in [-0.2, -0.15) is 9.98 Å². The summed E-state index contributed by atoms with van der Waals surface area (Å²) >= 11 is 0. The van der Waals surface area contributed by atoms with Gasteiger partial charge in [0.1, 0.15) is 16.8 Å². The number of halogens is 1. The van der Waals surface area contributed by atoms with E-state index in [1.807, 2.05) is 4.90 Å². The molecular formula is C11H10FN3O2S. The first-order chi connectivity index (χ1) is 8.53. The number of nitriles is 1. The van der Waals surface area contributed by atoms with Crippen LogP contribution in [0.5, 0.6) is 0 Å². The second kappa shape index (κ2) is 3.67. The van der Waals surface area contributed by atoms with Crippen molar-refractivity contribution in [3.05, 3.63) is 23.5 Å². The van der Waals surface area contributed by atoms with Crippen LogP contribution in [0.3, 0.4) is 0 Å². The lowest BCUT2D eigenvalue weighted by Gasteiger charge is -2.31. The standard InChI is InChI=1S/C11H10FN3O2S/c12-9-4-11-10(3-7(9)5-13)15(8-1-2-8)6-14-18(11,16)17/h3-4,8,14H,1-2,6H2. The van der Waals surface area contributed by atoms with Gasteiger partial charge in [-0.3, -0.25) is 0 Å². The molecule has 0 unspecified atom stereocenters. The van der Waals surface area contributed by atoms with Crippen molar-refractivity contribution < 1.29 is 12.8 Å². The summed E-state index contributed by atoms with van der Waals surface area (Å²) in [6.45, 7) is 0.177. The number of hydrogen-bond acceptors (Lipinski definition) is 4. The zero-order valence-corrected chi connectivity index (χ0v) is 10.2. The summed E-state index contributed by atoms with van der Waals surface area (Å²) in [6, 6.07) is 4.26. The average Bonchev–Trinajstić information content (AvgIpc) is 3.13. The van der Waals surface area contributed by atoms with Crippen LogP contribution < -0.4 is 9.62 Å². The molecule has 0 spiro atoms. The van der Waals surface area contributed by atoms with Gasteiger partial charge in [-0.15, -0.1) is 0 Å². The minimum atomic E-state index is -3.67. The van der Waals surface area contributed by atoms with Gasteiger partial charge in [0.2, 0.25) is 10.0 Å². The van der Waals surface area contributed by atoms with Crippen molar-refractivity contribution in [3.8, 4) is 6.07 Å². The third-order valence-electron chi connectivity index (χ3n) is 3.18. The maximum Gasteiger partial charge on any atom is 0.244 e. The molecule has 1 aromatic carbocycles. The predicted octanol–water partition coefficient (Wildman–Crippen LogP) is 0.916. The summed E-state index contributed by atoms with van der Waals surface area (Å²) in [7, 11) is -3.67. The first kappa shape index (κ1) is 11.4. The molecule has 0 bridgehead atoms. The van der Waals surface area contributed by atoms with Crippen LogP contribution in [-0.4, -0.2) is 21.1 Å². The average molecular weight is 267 g/mol. The maximum absolute atomic E-state index is 13.5. The molecule has 1 aromatic rings. The quantitative estimate of drug-likeness (QED) is 0.821. The zero-order valence-electron chi connectivity index (χ0n) is 9.35. The van der Waals surface area contributed by atoms with Crippen molar-refractivity contribution in [2.24, 2.45) is 0 Å². The Morgan fingerprint density at radius 3 is 2.78 bits per heavy atom. The van der Waals surface area contributed by atoms with Gasteiger partial charge in [0.15, 0.2) is 0 Å². The number of nitrogens with one attached hydrogen (secondary N) is 1. The van der Waals surface area contributed by atoms with Crippen molar-refractivity contribution in [1.29, 1.82) is 5.26 Å². The Morgan fingerprint density at radius 2 is 2.17 bits per heavy atom. The number of fused-ring (bicyclic) bond motifs is 1. The van der Waals surface area contributed by atoms with E-state index in [9.17, 15) is 12.8 Å². The highest BCUT2D eigenvalue weighted by Gasteiger charge is 2.37. The summed E-state index contributed by atoms with van der Waals surface area (Å²) in [5, 5.41) is 8.82. The number of nitrogens with zero attached hydrogens (tertiary/aromatic N) is 2. The van der Waals surface area contributed by atoms with E-state index in [0.29, 0.717) is 5.69 Å². The zero-order chi connectivity index (χ0) is 12.9. The molecule has 1 aliphatic carbocycles. The van der Waals surface area contributed by atoms with E-state index in [4.69, 9.17) is 5.26 Å². The number of hydrogen-bond donors (Lipinski definition) is 1. The van der Waals surface area contributed by atoms with E-state index in [-0.39, 0.29) is 23.2 Å². The molecular weight excluding hydrogens is 257 g/mol. The third kappa shape index (κ3) is 1.65. The van der Waals surface area contributed by atoms with Crippen LogP contribution in [0, 0.1) is 17.1 Å². The van der Waals surface area contributed by atoms with Crippen LogP contribution >= 0.6 is 0 Å². The van der Waals surface area contributed by atoms with Crippen molar-refractivity contribution >= 4 is 15.7 Å². The smallest absolute Gasteiger partial charge is 0.244 e. The topological polar surface area (TPSA) is 73.2 Å². The molecule has 2 aliphatic rings. The molecule has 1 saturated carbocycles. The molecule has 5 nitrogen and oxygen atoms in total. The lowest BCUT2D eigenvalue weighted by molar-refractivity contribution is 0.564. The predicted molar refractivity (Wildman–Crippen MR) is 61.8 cm³/mol. The van der Waals surface area contributed by atoms with Crippen molar-refractivity contribution in [3.63, 3.8) is 0 Å². The van der Waals surface area contributed by atoms with Crippen LogP contribution in [0.15, 0.2) is 17.0 Å². The Bertz CT molecular complexity index is 662. The molecule has 94 valence electrons. The van der Waals surface area contributed by atoms with Crippen LogP contribution in [0.25, 0.3) is 0 Å². The normalized spacial score (nSPS) is 21.2. The van der Waals surface area contributed by atoms with E-state index in [0.717, 1.165) is 18.9 Å². The second-order valence-electron chi connectivity index (χ2n) is 4.42. The molecule has 1 heterocycles. The first-order valence-electron chi connectivity index (χ1n) is 5.53. The van der Waals surface area contributed by atoms with Gasteiger partial charge >= 0.3 is 0 Å². The van der Waals surface area contributed by atoms with Crippen molar-refractivity contribution in [2.75, 3.05) is 11.6 Å². The van der Waals surface area contributed by atoms with E-state index >= 15 is 0 Å². The van der Waals surface area contributed by atoms with E-state index in [1.54, 1.807) is 6.07 Å². The molecule has 7 heteroatoms. The molecule has 0 atom stereocenters. The summed E-state index contributed by atoms with van der Waals surface area (Å²) in [4.78, 5) is 1.79. The van der Waals surface area contributed by atoms with E-state index < -0.39 is 15.8 Å². The Balaban J connectivity index is 2.23. The number of anilines is 1. The van der Waals surface area contributed by atoms with Gasteiger partial charge in [-0.25, -0.2) is 12.8 Å². The lowest BCUT2D eigenvalue weighted by atomic mass is 10.2. The molecule has 18 heavy (non-hydrogen) atoms. The highest BCUT2D eigenvalue weighted by atomic mass is 32.2. The molecule has 0 radical (unpaired) electrons. The Hall–Kier alpha value is -1.65. The van der Waals surface area contributed by atoms with Crippen molar-refractivity contribution in [1.82, 2.24) is 4.72 Å². The van der Waals surface area contributed by atoms with Gasteiger partial charge in [-0.1, -0.05) is 0 Å². The highest BCUT2D eigenvalue weighted by Crippen LogP contribution is 2.38. The molecule has 0 aromatic heterocycles. The van der Waals surface area contributed by atoms with Crippen LogP contribution in [0.2, 0.25) is 0 Å². The van der Waals surface area contributed by atoms with Crippen LogP contribution in [0.4, 0.5) is 10.1 Å². The maximum atomic E-state index is 13.5. The van der Waals surface area contributed by atoms with E-state index in [1.165, 1.54) is 6.07 Å². The Morgan fingerprint density at radius 1 is 1.44 bits per heavy atom. The monoisotopic (exact) mass is 267 g/mol. The molecule has 0 amide bonds. The minimum Gasteiger partial charge on any atom is -0.354 e. The van der Waals surface area contributed by atoms with Gasteiger partial charge < -0.3 is 4.90 Å². The van der Waals surface area contributed by atoms with Crippen LogP contribution in [-0.2, 0) is 10.0 Å². The number of sulfonamides is 1. The minimum absolute atomic E-state index is 0.0860. The fraction of sp³-hybridized carbons (Fsp3) is 0.364. The van der Waals surface area contributed by atoms with Gasteiger partial charge in [0, 0.05) is 6.04 Å². The molecule has 3 rings (SSSR count). The van der Waals surface area contributed by atoms with Crippen molar-refractivity contribution in [2.45, 2.75) is 23.8 Å². The summed E-state index contributed by atoms with van der Waals surface area (Å²) in [6.07, 6.45) is 1.97. The Kier molecular flexibility index (Phi) is 2.33. The van der Waals surface area contributed by atoms with Gasteiger partial charge in [-0.05, 0) is 25.0 Å². The summed E-state index contributed by atoms with van der Waals surface area (Å²) < 4.78 is 39.6. The van der Waals surface area contributed by atoms with Gasteiger partial charge in [0.25, 0.3) is 0 Å². The van der Waals surface area contributed by atoms with E-state index in [2.05, 4.69) is 4.72 Å². The molecule has 0 saturated heterocycles. The van der Waals surface area contributed by atoms with Gasteiger partial charge in [0.05, 0.1) is 17.9 Å². The summed E-state index contributed by atoms with van der Waals surface area (Å²) in [5.74, 6) is -0.806. The number of rotatable bonds is 1. The fourth-order valence-corrected chi connectivity index (χ4v) is 3.27. The largest absolute Gasteiger partial charge is 0.354 e. The highest BCUT2D eigenvalue weighted by molar-refractivity contribution is 7.89. The second-order valence-corrected chi connectivity index (χ2v) is 6.15.